The van der Waals surface area contributed by atoms with Gasteiger partial charge in [-0.25, -0.2) is 13.4 Å². The maximum Gasteiger partial charge on any atom is 0.229 e. The molecule has 3 aromatic heterocycles. The minimum atomic E-state index is -3.44. The molecule has 3 fully saturated rings. The highest BCUT2D eigenvalue weighted by molar-refractivity contribution is 7.92. The van der Waals surface area contributed by atoms with Gasteiger partial charge in [-0.2, -0.15) is 4.98 Å². The third-order valence-electron chi connectivity index (χ3n) is 8.19. The van der Waals surface area contributed by atoms with E-state index in [2.05, 4.69) is 48.9 Å². The number of likely N-dealkylation sites (N-methyl/N-ethyl adjacent to an activating group) is 1. The van der Waals surface area contributed by atoms with Gasteiger partial charge in [0.1, 0.15) is 17.7 Å². The molecule has 226 valence electrons. The predicted octanol–water partition coefficient (Wildman–Crippen LogP) is 2.79. The monoisotopic (exact) mass is 596 g/mol. The summed E-state index contributed by atoms with van der Waals surface area (Å²) in [6, 6.07) is 8.25. The lowest BCUT2D eigenvalue weighted by atomic mass is 9.93. The van der Waals surface area contributed by atoms with E-state index in [-0.39, 0.29) is 6.10 Å². The topological polar surface area (TPSA) is 125 Å². The second-order valence-corrected chi connectivity index (χ2v) is 13.2. The summed E-state index contributed by atoms with van der Waals surface area (Å²) in [5.41, 5.74) is 2.27. The van der Waals surface area contributed by atoms with Crippen LogP contribution in [0.1, 0.15) is 25.7 Å². The normalized spacial score (nSPS) is 22.2. The van der Waals surface area contributed by atoms with E-state index < -0.39 is 10.0 Å². The van der Waals surface area contributed by atoms with Crippen LogP contribution >= 0.6 is 0 Å². The summed E-state index contributed by atoms with van der Waals surface area (Å²) < 4.78 is 38.3. The van der Waals surface area contributed by atoms with Crippen LogP contribution in [0.25, 0.3) is 10.9 Å². The Bertz CT molecular complexity index is 1470. The van der Waals surface area contributed by atoms with Gasteiger partial charge in [0.2, 0.25) is 15.9 Å². The molecular weight excluding hydrogens is 556 g/mol. The second kappa shape index (κ2) is 12.4. The molecule has 0 amide bonds. The minimum Gasteiger partial charge on any atom is -0.474 e. The maximum absolute atomic E-state index is 11.8. The Morgan fingerprint density at radius 2 is 1.69 bits per heavy atom. The van der Waals surface area contributed by atoms with Crippen molar-refractivity contribution < 1.29 is 17.9 Å². The smallest absolute Gasteiger partial charge is 0.229 e. The van der Waals surface area contributed by atoms with Gasteiger partial charge in [-0.3, -0.25) is 9.71 Å². The lowest BCUT2D eigenvalue weighted by Gasteiger charge is -2.34. The summed E-state index contributed by atoms with van der Waals surface area (Å²) >= 11 is 0. The number of morpholine rings is 1. The standard InChI is InChI=1S/C29H40N8O4S/c1-35-9-11-36(12-10-35)23-5-8-27(31-20-23)32-21-3-6-24(7-4-21)41-29-25-17-22(34-42(2,38)39)19-30-26(25)18-28(33-29)37-13-15-40-16-14-37/h5,8,17-21,24,34H,3-4,6-7,9-16H2,1-2H3,(H,31,32)/t21-,24+. The molecule has 2 aliphatic heterocycles. The maximum atomic E-state index is 11.8. The lowest BCUT2D eigenvalue weighted by molar-refractivity contribution is 0.122. The number of hydrogen-bond acceptors (Lipinski definition) is 11. The number of rotatable bonds is 8. The highest BCUT2D eigenvalue weighted by Gasteiger charge is 2.25. The van der Waals surface area contributed by atoms with Gasteiger partial charge in [0.05, 0.1) is 54.1 Å². The number of anilines is 4. The van der Waals surface area contributed by atoms with Crippen molar-refractivity contribution in [3.05, 3.63) is 36.7 Å². The fourth-order valence-electron chi connectivity index (χ4n) is 5.81. The fraction of sp³-hybridized carbons (Fsp3) is 0.552. The van der Waals surface area contributed by atoms with E-state index in [9.17, 15) is 8.42 Å². The van der Waals surface area contributed by atoms with E-state index in [0.29, 0.717) is 41.7 Å². The molecule has 1 saturated carbocycles. The molecule has 0 atom stereocenters. The molecule has 3 aliphatic rings. The number of fused-ring (bicyclic) bond motifs is 1. The van der Waals surface area contributed by atoms with E-state index in [1.165, 1.54) is 11.9 Å². The van der Waals surface area contributed by atoms with Crippen molar-refractivity contribution in [1.82, 2.24) is 19.9 Å². The summed E-state index contributed by atoms with van der Waals surface area (Å²) in [6.07, 6.45) is 8.27. The molecule has 0 aromatic carbocycles. The zero-order valence-corrected chi connectivity index (χ0v) is 25.1. The molecular formula is C29H40N8O4S. The van der Waals surface area contributed by atoms with Crippen LogP contribution in [-0.4, -0.2) is 106 Å². The summed E-state index contributed by atoms with van der Waals surface area (Å²) in [5.74, 6) is 2.18. The lowest BCUT2D eigenvalue weighted by Crippen LogP contribution is -2.44. The van der Waals surface area contributed by atoms with Crippen molar-refractivity contribution in [2.24, 2.45) is 0 Å². The number of sulfonamides is 1. The molecule has 6 rings (SSSR count). The third kappa shape index (κ3) is 7.13. The predicted molar refractivity (Wildman–Crippen MR) is 165 cm³/mol. The SMILES string of the molecule is CN1CCN(c2ccc(N[C@H]3CC[C@@H](Oc4nc(N5CCOCC5)cc5ncc(NS(C)(=O)=O)cc45)CC3)nc2)CC1. The summed E-state index contributed by atoms with van der Waals surface area (Å²) in [7, 11) is -1.28. The zero-order chi connectivity index (χ0) is 29.1. The van der Waals surface area contributed by atoms with Crippen molar-refractivity contribution in [2.45, 2.75) is 37.8 Å². The van der Waals surface area contributed by atoms with Gasteiger partial charge in [-0.1, -0.05) is 0 Å². The fourth-order valence-corrected chi connectivity index (χ4v) is 6.35. The Balaban J connectivity index is 1.12. The van der Waals surface area contributed by atoms with Gasteiger partial charge < -0.3 is 29.5 Å². The van der Waals surface area contributed by atoms with Crippen LogP contribution in [-0.2, 0) is 14.8 Å². The molecule has 42 heavy (non-hydrogen) atoms. The van der Waals surface area contributed by atoms with Crippen LogP contribution in [0.4, 0.5) is 23.0 Å². The molecule has 1 aliphatic carbocycles. The molecule has 0 unspecified atom stereocenters. The van der Waals surface area contributed by atoms with Crippen LogP contribution in [0.15, 0.2) is 36.7 Å². The van der Waals surface area contributed by atoms with Gasteiger partial charge in [-0.05, 0) is 50.9 Å². The highest BCUT2D eigenvalue weighted by atomic mass is 32.2. The molecule has 12 nitrogen and oxygen atoms in total. The first-order valence-electron chi connectivity index (χ1n) is 14.7. The Morgan fingerprint density at radius 1 is 0.929 bits per heavy atom. The number of nitrogens with one attached hydrogen (secondary N) is 2. The summed E-state index contributed by atoms with van der Waals surface area (Å²) in [6.45, 7) is 6.97. The highest BCUT2D eigenvalue weighted by Crippen LogP contribution is 2.33. The molecule has 0 spiro atoms. The van der Waals surface area contributed by atoms with E-state index in [1.54, 1.807) is 6.07 Å². The summed E-state index contributed by atoms with van der Waals surface area (Å²) in [5, 5.41) is 4.30. The Kier molecular flexibility index (Phi) is 8.50. The molecule has 2 saturated heterocycles. The minimum absolute atomic E-state index is 0.00206. The number of pyridine rings is 3. The van der Waals surface area contributed by atoms with E-state index in [0.717, 1.165) is 82.8 Å². The second-order valence-electron chi connectivity index (χ2n) is 11.5. The van der Waals surface area contributed by atoms with Gasteiger partial charge in [-0.15, -0.1) is 0 Å². The Hall–Kier alpha value is -3.42. The number of aromatic nitrogens is 3. The van der Waals surface area contributed by atoms with Gasteiger partial charge >= 0.3 is 0 Å². The molecule has 5 heterocycles. The van der Waals surface area contributed by atoms with Crippen molar-refractivity contribution in [1.29, 1.82) is 0 Å². The van der Waals surface area contributed by atoms with E-state index in [1.807, 2.05) is 12.3 Å². The Morgan fingerprint density at radius 3 is 2.38 bits per heavy atom. The molecule has 0 bridgehead atoms. The molecule has 13 heteroatoms. The molecule has 3 aromatic rings. The first kappa shape index (κ1) is 28.7. The number of ether oxygens (including phenoxy) is 2. The van der Waals surface area contributed by atoms with Gasteiger partial charge in [0.15, 0.2) is 0 Å². The van der Waals surface area contributed by atoms with Crippen LogP contribution in [0, 0.1) is 0 Å². The first-order valence-corrected chi connectivity index (χ1v) is 16.6. The first-order chi connectivity index (χ1) is 20.3. The average molecular weight is 597 g/mol. The van der Waals surface area contributed by atoms with Crippen LogP contribution < -0.4 is 24.6 Å². The third-order valence-corrected chi connectivity index (χ3v) is 8.80. The van der Waals surface area contributed by atoms with E-state index >= 15 is 0 Å². The number of piperazine rings is 1. The van der Waals surface area contributed by atoms with Crippen LogP contribution in [0.2, 0.25) is 0 Å². The van der Waals surface area contributed by atoms with Crippen molar-refractivity contribution in [3.8, 4) is 5.88 Å². The van der Waals surface area contributed by atoms with Crippen molar-refractivity contribution in [2.75, 3.05) is 85.6 Å². The van der Waals surface area contributed by atoms with Crippen LogP contribution in [0.3, 0.4) is 0 Å². The number of hydrogen-bond donors (Lipinski definition) is 2. The van der Waals surface area contributed by atoms with Crippen LogP contribution in [0.5, 0.6) is 5.88 Å². The quantitative estimate of drug-likeness (QED) is 0.399. The molecule has 2 N–H and O–H groups in total. The number of nitrogens with zero attached hydrogens (tertiary/aromatic N) is 6. The van der Waals surface area contributed by atoms with Crippen molar-refractivity contribution in [3.63, 3.8) is 0 Å². The largest absolute Gasteiger partial charge is 0.474 e. The van der Waals surface area contributed by atoms with Crippen molar-refractivity contribution >= 4 is 43.9 Å². The van der Waals surface area contributed by atoms with E-state index in [4.69, 9.17) is 19.4 Å². The molecule has 0 radical (unpaired) electrons. The van der Waals surface area contributed by atoms with Gasteiger partial charge in [0, 0.05) is 51.4 Å². The zero-order valence-electron chi connectivity index (χ0n) is 24.3. The average Bonchev–Trinajstić information content (AvgIpc) is 2.99. The van der Waals surface area contributed by atoms with Gasteiger partial charge in [0.25, 0.3) is 0 Å². The summed E-state index contributed by atoms with van der Waals surface area (Å²) in [4.78, 5) is 21.0. The Labute approximate surface area is 247 Å².